The molecule has 0 aliphatic carbocycles. The molecule has 0 bridgehead atoms. The van der Waals surface area contributed by atoms with E-state index < -0.39 is 0 Å². The summed E-state index contributed by atoms with van der Waals surface area (Å²) < 4.78 is 5.84. The van der Waals surface area contributed by atoms with Gasteiger partial charge in [0.05, 0.1) is 6.10 Å². The molecule has 1 N–H and O–H groups in total. The van der Waals surface area contributed by atoms with Crippen LogP contribution in [0.5, 0.6) is 5.75 Å². The first kappa shape index (κ1) is 14.4. The van der Waals surface area contributed by atoms with Crippen LogP contribution in [0.15, 0.2) is 24.3 Å². The van der Waals surface area contributed by atoms with Gasteiger partial charge in [0.25, 0.3) is 0 Å². The molecule has 0 radical (unpaired) electrons. The van der Waals surface area contributed by atoms with Gasteiger partial charge in [-0.25, -0.2) is 0 Å². The second-order valence-corrected chi connectivity index (χ2v) is 6.88. The highest BCUT2D eigenvalue weighted by molar-refractivity contribution is 5.36. The van der Waals surface area contributed by atoms with Crippen molar-refractivity contribution in [3.63, 3.8) is 0 Å². The first-order valence-electron chi connectivity index (χ1n) is 7.37. The van der Waals surface area contributed by atoms with Crippen molar-refractivity contribution in [2.75, 3.05) is 6.54 Å². The Morgan fingerprint density at radius 3 is 2.53 bits per heavy atom. The van der Waals surface area contributed by atoms with Gasteiger partial charge in [-0.1, -0.05) is 32.9 Å². The van der Waals surface area contributed by atoms with Gasteiger partial charge in [-0.3, -0.25) is 0 Å². The molecule has 1 fully saturated rings. The van der Waals surface area contributed by atoms with Crippen molar-refractivity contribution in [1.29, 1.82) is 0 Å². The van der Waals surface area contributed by atoms with E-state index in [9.17, 15) is 0 Å². The van der Waals surface area contributed by atoms with Crippen LogP contribution in [-0.4, -0.2) is 12.6 Å². The van der Waals surface area contributed by atoms with E-state index in [1.807, 2.05) is 0 Å². The second-order valence-electron chi connectivity index (χ2n) is 6.88. The zero-order valence-corrected chi connectivity index (χ0v) is 12.9. The lowest BCUT2D eigenvalue weighted by atomic mass is 9.68. The normalized spacial score (nSPS) is 23.9. The van der Waals surface area contributed by atoms with Crippen molar-refractivity contribution in [2.24, 2.45) is 5.41 Å². The molecule has 1 unspecified atom stereocenters. The highest BCUT2D eigenvalue weighted by atomic mass is 16.5. The summed E-state index contributed by atoms with van der Waals surface area (Å²) in [6.45, 7) is 12.2. The predicted molar refractivity (Wildman–Crippen MR) is 80.6 cm³/mol. The number of hydrogen-bond acceptors (Lipinski definition) is 2. The molecule has 0 aromatic heterocycles. The zero-order valence-electron chi connectivity index (χ0n) is 12.9. The van der Waals surface area contributed by atoms with Crippen LogP contribution in [0.2, 0.25) is 0 Å². The average molecular weight is 261 g/mol. The third-order valence-corrected chi connectivity index (χ3v) is 4.13. The third-order valence-electron chi connectivity index (χ3n) is 4.13. The van der Waals surface area contributed by atoms with Crippen LogP contribution in [0.4, 0.5) is 0 Å². The fourth-order valence-corrected chi connectivity index (χ4v) is 3.17. The van der Waals surface area contributed by atoms with Gasteiger partial charge in [0.1, 0.15) is 5.75 Å². The summed E-state index contributed by atoms with van der Waals surface area (Å²) in [6.07, 6.45) is 2.66. The van der Waals surface area contributed by atoms with E-state index in [1.54, 1.807) is 0 Å². The molecule has 1 atom stereocenters. The number of benzene rings is 1. The fourth-order valence-electron chi connectivity index (χ4n) is 3.17. The minimum atomic E-state index is 0.0728. The first-order chi connectivity index (χ1) is 8.85. The van der Waals surface area contributed by atoms with Crippen LogP contribution in [0.1, 0.15) is 53.0 Å². The summed E-state index contributed by atoms with van der Waals surface area (Å²) in [4.78, 5) is 0. The predicted octanol–water partition coefficient (Wildman–Crippen LogP) is 4.10. The largest absolute Gasteiger partial charge is 0.491 e. The Kier molecular flexibility index (Phi) is 3.91. The van der Waals surface area contributed by atoms with E-state index in [1.165, 1.54) is 18.4 Å². The van der Waals surface area contributed by atoms with Gasteiger partial charge in [0.15, 0.2) is 0 Å². The lowest BCUT2D eigenvalue weighted by Gasteiger charge is -2.43. The van der Waals surface area contributed by atoms with Crippen LogP contribution < -0.4 is 10.1 Å². The maximum atomic E-state index is 5.84. The maximum Gasteiger partial charge on any atom is 0.120 e. The van der Waals surface area contributed by atoms with Crippen LogP contribution in [0.3, 0.4) is 0 Å². The molecule has 2 rings (SSSR count). The third kappa shape index (κ3) is 2.79. The number of hydrogen-bond donors (Lipinski definition) is 1. The molecule has 1 aliphatic heterocycles. The van der Waals surface area contributed by atoms with Crippen LogP contribution in [0, 0.1) is 5.41 Å². The Hall–Kier alpha value is -1.02. The molecule has 1 aromatic rings. The van der Waals surface area contributed by atoms with Gasteiger partial charge in [-0.2, -0.15) is 0 Å². The van der Waals surface area contributed by atoms with E-state index in [0.29, 0.717) is 0 Å². The molecular weight excluding hydrogens is 234 g/mol. The minimum absolute atomic E-state index is 0.0728. The Labute approximate surface area is 117 Å². The molecule has 1 saturated heterocycles. The van der Waals surface area contributed by atoms with Gasteiger partial charge in [0, 0.05) is 5.54 Å². The van der Waals surface area contributed by atoms with Gasteiger partial charge >= 0.3 is 0 Å². The number of ether oxygens (including phenoxy) is 1. The fraction of sp³-hybridized carbons (Fsp3) is 0.647. The molecular formula is C17H27NO. The lowest BCUT2D eigenvalue weighted by molar-refractivity contribution is 0.159. The summed E-state index contributed by atoms with van der Waals surface area (Å²) in [7, 11) is 0. The van der Waals surface area contributed by atoms with Gasteiger partial charge in [0.2, 0.25) is 0 Å². The standard InChI is InChI=1S/C17H27NO/c1-13(2)19-15-9-6-8-14(12-15)17(16(3,4)5)10-7-11-18-17/h6,8-9,12-13,18H,7,10-11H2,1-5H3. The molecule has 1 heterocycles. The van der Waals surface area contributed by atoms with E-state index in [0.717, 1.165) is 12.3 Å². The highest BCUT2D eigenvalue weighted by Crippen LogP contribution is 2.46. The summed E-state index contributed by atoms with van der Waals surface area (Å²) in [6, 6.07) is 8.61. The molecule has 2 heteroatoms. The molecule has 2 nitrogen and oxygen atoms in total. The van der Waals surface area contributed by atoms with Gasteiger partial charge in [-0.15, -0.1) is 0 Å². The van der Waals surface area contributed by atoms with Crippen molar-refractivity contribution in [3.05, 3.63) is 29.8 Å². The number of nitrogens with one attached hydrogen (secondary N) is 1. The van der Waals surface area contributed by atoms with Crippen LogP contribution >= 0.6 is 0 Å². The molecule has 19 heavy (non-hydrogen) atoms. The highest BCUT2D eigenvalue weighted by Gasteiger charge is 2.45. The SMILES string of the molecule is CC(C)Oc1cccc(C2(C(C)(C)C)CCCN2)c1. The quantitative estimate of drug-likeness (QED) is 0.884. The van der Waals surface area contributed by atoms with Crippen molar-refractivity contribution in [2.45, 2.75) is 59.1 Å². The zero-order chi connectivity index (χ0) is 14.1. The second kappa shape index (κ2) is 5.16. The Morgan fingerprint density at radius 2 is 2.00 bits per heavy atom. The van der Waals surface area contributed by atoms with Crippen molar-refractivity contribution < 1.29 is 4.74 Å². The Balaban J connectivity index is 2.38. The topological polar surface area (TPSA) is 21.3 Å². The van der Waals surface area contributed by atoms with E-state index in [-0.39, 0.29) is 17.1 Å². The molecule has 0 saturated carbocycles. The molecule has 1 aromatic carbocycles. The van der Waals surface area contributed by atoms with Crippen LogP contribution in [0.25, 0.3) is 0 Å². The monoisotopic (exact) mass is 261 g/mol. The average Bonchev–Trinajstić information content (AvgIpc) is 2.77. The first-order valence-corrected chi connectivity index (χ1v) is 7.37. The smallest absolute Gasteiger partial charge is 0.120 e. The van der Waals surface area contributed by atoms with Gasteiger partial charge < -0.3 is 10.1 Å². The summed E-state index contributed by atoms with van der Waals surface area (Å²) in [5.74, 6) is 0.977. The summed E-state index contributed by atoms with van der Waals surface area (Å²) in [5.41, 5.74) is 1.62. The summed E-state index contributed by atoms with van der Waals surface area (Å²) >= 11 is 0. The Bertz CT molecular complexity index is 425. The maximum absolute atomic E-state index is 5.84. The van der Waals surface area contributed by atoms with Crippen molar-refractivity contribution >= 4 is 0 Å². The molecule has 0 spiro atoms. The lowest BCUT2D eigenvalue weighted by Crippen LogP contribution is -2.48. The minimum Gasteiger partial charge on any atom is -0.491 e. The molecule has 0 amide bonds. The summed E-state index contributed by atoms with van der Waals surface area (Å²) in [5, 5.41) is 3.75. The molecule has 1 aliphatic rings. The molecule has 106 valence electrons. The van der Waals surface area contributed by atoms with E-state index >= 15 is 0 Å². The van der Waals surface area contributed by atoms with Crippen LogP contribution in [-0.2, 0) is 5.54 Å². The van der Waals surface area contributed by atoms with Crippen molar-refractivity contribution in [3.8, 4) is 5.75 Å². The number of rotatable bonds is 3. The van der Waals surface area contributed by atoms with E-state index in [4.69, 9.17) is 4.74 Å². The van der Waals surface area contributed by atoms with E-state index in [2.05, 4.69) is 64.2 Å². The van der Waals surface area contributed by atoms with Crippen molar-refractivity contribution in [1.82, 2.24) is 5.32 Å². The Morgan fingerprint density at radius 1 is 1.26 bits per heavy atom. The van der Waals surface area contributed by atoms with Gasteiger partial charge in [-0.05, 0) is 56.3 Å².